The van der Waals surface area contributed by atoms with Gasteiger partial charge in [-0.05, 0) is 6.07 Å². The lowest BCUT2D eigenvalue weighted by Crippen LogP contribution is -2.37. The van der Waals surface area contributed by atoms with Crippen molar-refractivity contribution in [1.82, 2.24) is 10.2 Å². The first-order chi connectivity index (χ1) is 6.29. The monoisotopic (exact) mass is 177 g/mol. The fourth-order valence-corrected chi connectivity index (χ4v) is 1.06. The molecule has 1 aromatic rings. The SMILES string of the molecule is Nc1ccncc1N1C=C[N-]N1N. The fraction of sp³-hybridized carbons (Fsp3) is 0. The molecule has 0 saturated carbocycles. The van der Waals surface area contributed by atoms with Crippen LogP contribution in [-0.2, 0) is 0 Å². The van der Waals surface area contributed by atoms with Crippen LogP contribution >= 0.6 is 0 Å². The maximum absolute atomic E-state index is 5.72. The van der Waals surface area contributed by atoms with Crippen molar-refractivity contribution in [1.29, 1.82) is 0 Å². The van der Waals surface area contributed by atoms with Gasteiger partial charge in [0.05, 0.1) is 17.6 Å². The topological polar surface area (TPSA) is 85.5 Å². The largest absolute Gasteiger partial charge is 0.591 e. The van der Waals surface area contributed by atoms with Gasteiger partial charge in [0.2, 0.25) is 0 Å². The molecule has 68 valence electrons. The maximum atomic E-state index is 5.72. The summed E-state index contributed by atoms with van der Waals surface area (Å²) in [4.78, 5) is 3.95. The molecule has 0 saturated heterocycles. The predicted octanol–water partition coefficient (Wildman–Crippen LogP) is 0.334. The number of nitrogen functional groups attached to an aromatic ring is 1. The van der Waals surface area contributed by atoms with Gasteiger partial charge in [0, 0.05) is 12.4 Å². The van der Waals surface area contributed by atoms with E-state index in [0.717, 1.165) is 0 Å². The van der Waals surface area contributed by atoms with E-state index in [1.165, 1.54) is 5.23 Å². The second-order valence-corrected chi connectivity index (χ2v) is 2.51. The van der Waals surface area contributed by atoms with Crippen LogP contribution in [0.25, 0.3) is 5.43 Å². The zero-order chi connectivity index (χ0) is 9.26. The van der Waals surface area contributed by atoms with E-state index in [9.17, 15) is 0 Å². The fourth-order valence-electron chi connectivity index (χ4n) is 1.06. The molecule has 0 fully saturated rings. The summed E-state index contributed by atoms with van der Waals surface area (Å²) in [6.07, 6.45) is 6.52. The minimum Gasteiger partial charge on any atom is -0.591 e. The van der Waals surface area contributed by atoms with Crippen molar-refractivity contribution in [2.75, 3.05) is 10.7 Å². The molecule has 0 bridgehead atoms. The molecule has 0 unspecified atom stereocenters. The molecule has 6 nitrogen and oxygen atoms in total. The van der Waals surface area contributed by atoms with E-state index < -0.39 is 0 Å². The summed E-state index contributed by atoms with van der Waals surface area (Å²) < 4.78 is 0. The molecule has 13 heavy (non-hydrogen) atoms. The lowest BCUT2D eigenvalue weighted by molar-refractivity contribution is 0.393. The van der Waals surface area contributed by atoms with E-state index in [0.29, 0.717) is 11.4 Å². The number of nitrogens with zero attached hydrogens (tertiary/aromatic N) is 4. The molecule has 0 atom stereocenters. The lowest BCUT2D eigenvalue weighted by atomic mass is 10.3. The zero-order valence-electron chi connectivity index (χ0n) is 6.83. The molecule has 1 aromatic heterocycles. The molecule has 6 heteroatoms. The van der Waals surface area contributed by atoms with Crippen LogP contribution in [-0.4, -0.2) is 10.2 Å². The highest BCUT2D eigenvalue weighted by molar-refractivity contribution is 5.67. The quantitative estimate of drug-likeness (QED) is 0.604. The Morgan fingerprint density at radius 3 is 2.92 bits per heavy atom. The number of pyridine rings is 1. The van der Waals surface area contributed by atoms with Crippen molar-refractivity contribution in [3.05, 3.63) is 36.3 Å². The number of anilines is 2. The van der Waals surface area contributed by atoms with Crippen molar-refractivity contribution >= 4 is 11.4 Å². The van der Waals surface area contributed by atoms with Gasteiger partial charge in [0.15, 0.2) is 0 Å². The van der Waals surface area contributed by atoms with Gasteiger partial charge in [-0.1, -0.05) is 0 Å². The molecule has 0 spiro atoms. The molecule has 2 rings (SSSR count). The zero-order valence-corrected chi connectivity index (χ0v) is 6.83. The van der Waals surface area contributed by atoms with Crippen molar-refractivity contribution in [3.63, 3.8) is 0 Å². The molecule has 0 aliphatic carbocycles. The normalized spacial score (nSPS) is 16.2. The van der Waals surface area contributed by atoms with Crippen LogP contribution in [0.15, 0.2) is 30.9 Å². The number of rotatable bonds is 1. The molecule has 0 aromatic carbocycles. The third-order valence-corrected chi connectivity index (χ3v) is 1.69. The van der Waals surface area contributed by atoms with Gasteiger partial charge >= 0.3 is 0 Å². The van der Waals surface area contributed by atoms with Gasteiger partial charge in [-0.15, -0.1) is 6.20 Å². The van der Waals surface area contributed by atoms with Crippen LogP contribution in [0, 0.1) is 0 Å². The molecular formula is C7H9N6-. The molecule has 2 heterocycles. The Labute approximate surface area is 75.3 Å². The van der Waals surface area contributed by atoms with Crippen LogP contribution in [0.2, 0.25) is 0 Å². The Bertz CT molecular complexity index is 336. The van der Waals surface area contributed by atoms with E-state index in [1.54, 1.807) is 35.9 Å². The molecule has 1 aliphatic heterocycles. The molecular weight excluding hydrogens is 168 g/mol. The van der Waals surface area contributed by atoms with E-state index in [1.807, 2.05) is 0 Å². The van der Waals surface area contributed by atoms with Crippen LogP contribution in [0.5, 0.6) is 0 Å². The highest BCUT2D eigenvalue weighted by Crippen LogP contribution is 2.25. The number of hydrazine groups is 2. The number of nitrogens with two attached hydrogens (primary N) is 2. The van der Waals surface area contributed by atoms with E-state index >= 15 is 0 Å². The van der Waals surface area contributed by atoms with Gasteiger partial charge in [-0.2, -0.15) is 0 Å². The van der Waals surface area contributed by atoms with Crippen LogP contribution in [0.1, 0.15) is 0 Å². The standard InChI is InChI=1S/C7H9N6/c8-6-1-2-10-5-7(6)12-4-3-11-13(12)9/h1-5H,9H2,(H2,8,10)/q-1. The summed E-state index contributed by atoms with van der Waals surface area (Å²) in [6, 6.07) is 1.70. The second kappa shape index (κ2) is 2.92. The molecule has 0 amide bonds. The van der Waals surface area contributed by atoms with Gasteiger partial charge in [-0.3, -0.25) is 15.8 Å². The highest BCUT2D eigenvalue weighted by atomic mass is 15.9. The summed E-state index contributed by atoms with van der Waals surface area (Å²) in [5.41, 5.74) is 10.8. The summed E-state index contributed by atoms with van der Waals surface area (Å²) in [7, 11) is 0. The third-order valence-electron chi connectivity index (χ3n) is 1.69. The molecule has 0 radical (unpaired) electrons. The van der Waals surface area contributed by atoms with Gasteiger partial charge in [0.1, 0.15) is 0 Å². The Kier molecular flexibility index (Phi) is 1.76. The maximum Gasteiger partial charge on any atom is 0.0985 e. The Morgan fingerprint density at radius 2 is 2.31 bits per heavy atom. The van der Waals surface area contributed by atoms with Gasteiger partial charge < -0.3 is 11.2 Å². The minimum atomic E-state index is 0.604. The van der Waals surface area contributed by atoms with E-state index in [-0.39, 0.29) is 0 Å². The number of hydrogen-bond donors (Lipinski definition) is 2. The summed E-state index contributed by atoms with van der Waals surface area (Å²) in [6.45, 7) is 0. The Balaban J connectivity index is 2.35. The summed E-state index contributed by atoms with van der Waals surface area (Å²) in [5, 5.41) is 2.79. The molecule has 1 aliphatic rings. The Morgan fingerprint density at radius 1 is 1.46 bits per heavy atom. The minimum absolute atomic E-state index is 0.604. The second-order valence-electron chi connectivity index (χ2n) is 2.51. The van der Waals surface area contributed by atoms with Crippen molar-refractivity contribution in [2.45, 2.75) is 0 Å². The average molecular weight is 177 g/mol. The van der Waals surface area contributed by atoms with Crippen LogP contribution < -0.4 is 16.6 Å². The van der Waals surface area contributed by atoms with Crippen LogP contribution in [0.4, 0.5) is 11.4 Å². The smallest absolute Gasteiger partial charge is 0.0985 e. The van der Waals surface area contributed by atoms with Crippen molar-refractivity contribution in [3.8, 4) is 0 Å². The van der Waals surface area contributed by atoms with Crippen molar-refractivity contribution in [2.24, 2.45) is 5.84 Å². The number of hydrogen-bond acceptors (Lipinski definition) is 5. The van der Waals surface area contributed by atoms with E-state index in [2.05, 4.69) is 10.4 Å². The van der Waals surface area contributed by atoms with Gasteiger partial charge in [0.25, 0.3) is 0 Å². The summed E-state index contributed by atoms with van der Waals surface area (Å²) >= 11 is 0. The van der Waals surface area contributed by atoms with Crippen molar-refractivity contribution < 1.29 is 0 Å². The predicted molar refractivity (Wildman–Crippen MR) is 49.7 cm³/mol. The lowest BCUT2D eigenvalue weighted by Gasteiger charge is -2.33. The first kappa shape index (κ1) is 7.84. The molecule has 4 N–H and O–H groups in total. The highest BCUT2D eigenvalue weighted by Gasteiger charge is 2.09. The average Bonchev–Trinajstić information content (AvgIpc) is 2.52. The van der Waals surface area contributed by atoms with Gasteiger partial charge in [-0.25, -0.2) is 5.23 Å². The van der Waals surface area contributed by atoms with E-state index in [4.69, 9.17) is 11.6 Å². The Hall–Kier alpha value is -1.79. The summed E-state index contributed by atoms with van der Waals surface area (Å²) in [5.74, 6) is 5.53. The first-order valence-corrected chi connectivity index (χ1v) is 3.70. The van der Waals surface area contributed by atoms with Crippen LogP contribution in [0.3, 0.4) is 0 Å². The third kappa shape index (κ3) is 1.28. The first-order valence-electron chi connectivity index (χ1n) is 3.70. The number of aromatic nitrogens is 1.